The van der Waals surface area contributed by atoms with Gasteiger partial charge in [-0.15, -0.1) is 0 Å². The Morgan fingerprint density at radius 1 is 0.485 bits per heavy atom. The van der Waals surface area contributed by atoms with Gasteiger partial charge in [-0.25, -0.2) is 9.97 Å². The molecule has 1 N–H and O–H groups in total. The van der Waals surface area contributed by atoms with Crippen LogP contribution in [0.15, 0.2) is 84.9 Å². The molecule has 4 aromatic rings. The molecule has 3 heteroatoms. The van der Waals surface area contributed by atoms with E-state index in [0.29, 0.717) is 0 Å². The molecule has 0 aliphatic rings. The standard InChI is InChI=1S/C30H33N3/c1-29(2,3)23-17-13-21(14-18-23)25-9-7-11-27(31-25)33-28-12-8-10-26(32-28)22-15-19-24(20-16-22)30(4,5)6/h7-20H,1-6H3,(H,31,32,33). The number of anilines is 2. The van der Waals surface area contributed by atoms with E-state index in [4.69, 9.17) is 9.97 Å². The van der Waals surface area contributed by atoms with Crippen LogP contribution in [0.3, 0.4) is 0 Å². The van der Waals surface area contributed by atoms with E-state index in [1.54, 1.807) is 0 Å². The number of hydrogen-bond acceptors (Lipinski definition) is 3. The van der Waals surface area contributed by atoms with Crippen molar-refractivity contribution >= 4 is 11.6 Å². The van der Waals surface area contributed by atoms with E-state index in [9.17, 15) is 0 Å². The zero-order chi connectivity index (χ0) is 23.6. The van der Waals surface area contributed by atoms with Gasteiger partial charge >= 0.3 is 0 Å². The van der Waals surface area contributed by atoms with Crippen LogP contribution in [0.5, 0.6) is 0 Å². The summed E-state index contributed by atoms with van der Waals surface area (Å²) in [6.45, 7) is 13.4. The number of hydrogen-bond donors (Lipinski definition) is 1. The number of pyridine rings is 2. The maximum absolute atomic E-state index is 4.82. The van der Waals surface area contributed by atoms with Gasteiger partial charge in [-0.1, -0.05) is 102 Å². The maximum atomic E-state index is 4.82. The highest BCUT2D eigenvalue weighted by Crippen LogP contribution is 2.28. The molecule has 2 aromatic carbocycles. The number of rotatable bonds is 4. The summed E-state index contributed by atoms with van der Waals surface area (Å²) >= 11 is 0. The topological polar surface area (TPSA) is 37.8 Å². The minimum absolute atomic E-state index is 0.138. The van der Waals surface area contributed by atoms with E-state index in [-0.39, 0.29) is 10.8 Å². The van der Waals surface area contributed by atoms with Crippen molar-refractivity contribution < 1.29 is 0 Å². The second-order valence-corrected chi connectivity index (χ2v) is 10.6. The average Bonchev–Trinajstić information content (AvgIpc) is 2.78. The van der Waals surface area contributed by atoms with Crippen LogP contribution in [-0.2, 0) is 10.8 Å². The fourth-order valence-electron chi connectivity index (χ4n) is 3.74. The summed E-state index contributed by atoms with van der Waals surface area (Å²) in [4.78, 5) is 9.64. The zero-order valence-corrected chi connectivity index (χ0v) is 20.5. The van der Waals surface area contributed by atoms with Crippen molar-refractivity contribution in [2.45, 2.75) is 52.4 Å². The Balaban J connectivity index is 1.54. The van der Waals surface area contributed by atoms with Crippen LogP contribution in [0.25, 0.3) is 22.5 Å². The minimum atomic E-state index is 0.138. The summed E-state index contributed by atoms with van der Waals surface area (Å²) in [6, 6.07) is 29.4. The molecule has 0 atom stereocenters. The van der Waals surface area contributed by atoms with Gasteiger partial charge in [0.2, 0.25) is 0 Å². The third-order valence-electron chi connectivity index (χ3n) is 5.85. The Kier molecular flexibility index (Phi) is 6.07. The normalized spacial score (nSPS) is 11.9. The summed E-state index contributed by atoms with van der Waals surface area (Å²) in [5, 5.41) is 3.37. The van der Waals surface area contributed by atoms with Gasteiger partial charge in [-0.3, -0.25) is 0 Å². The summed E-state index contributed by atoms with van der Waals surface area (Å²) in [6.07, 6.45) is 0. The Morgan fingerprint density at radius 3 is 1.18 bits per heavy atom. The van der Waals surface area contributed by atoms with Gasteiger partial charge in [0.1, 0.15) is 11.6 Å². The molecule has 0 radical (unpaired) electrons. The fourth-order valence-corrected chi connectivity index (χ4v) is 3.74. The number of aromatic nitrogens is 2. The quantitative estimate of drug-likeness (QED) is 0.351. The minimum Gasteiger partial charge on any atom is -0.325 e. The first-order chi connectivity index (χ1) is 15.6. The summed E-state index contributed by atoms with van der Waals surface area (Å²) in [5.41, 5.74) is 7.00. The molecule has 0 aliphatic carbocycles. The lowest BCUT2D eigenvalue weighted by Gasteiger charge is -2.19. The lowest BCUT2D eigenvalue weighted by Crippen LogP contribution is -2.10. The van der Waals surface area contributed by atoms with Crippen molar-refractivity contribution in [3.05, 3.63) is 96.1 Å². The van der Waals surface area contributed by atoms with Gasteiger partial charge in [-0.2, -0.15) is 0 Å². The Bertz CT molecular complexity index is 1130. The first kappa shape index (κ1) is 22.7. The van der Waals surface area contributed by atoms with Crippen LogP contribution >= 0.6 is 0 Å². The summed E-state index contributed by atoms with van der Waals surface area (Å²) in [5.74, 6) is 1.56. The third kappa shape index (κ3) is 5.48. The molecular weight excluding hydrogens is 402 g/mol. The van der Waals surface area contributed by atoms with Gasteiger partial charge in [0, 0.05) is 11.1 Å². The van der Waals surface area contributed by atoms with Gasteiger partial charge in [-0.05, 0) is 46.2 Å². The second kappa shape index (κ2) is 8.82. The maximum Gasteiger partial charge on any atom is 0.132 e. The van der Waals surface area contributed by atoms with Gasteiger partial charge in [0.05, 0.1) is 11.4 Å². The van der Waals surface area contributed by atoms with Crippen molar-refractivity contribution in [2.24, 2.45) is 0 Å². The monoisotopic (exact) mass is 435 g/mol. The molecule has 0 amide bonds. The molecule has 2 heterocycles. The number of nitrogens with one attached hydrogen (secondary N) is 1. The average molecular weight is 436 g/mol. The molecule has 0 aliphatic heterocycles. The van der Waals surface area contributed by atoms with E-state index in [2.05, 4.69) is 95.4 Å². The van der Waals surface area contributed by atoms with Gasteiger partial charge in [0.15, 0.2) is 0 Å². The Morgan fingerprint density at radius 2 is 0.848 bits per heavy atom. The molecule has 33 heavy (non-hydrogen) atoms. The van der Waals surface area contributed by atoms with Crippen molar-refractivity contribution in [3.8, 4) is 22.5 Å². The van der Waals surface area contributed by atoms with Crippen molar-refractivity contribution in [1.82, 2.24) is 9.97 Å². The smallest absolute Gasteiger partial charge is 0.132 e. The predicted molar refractivity (Wildman–Crippen MR) is 140 cm³/mol. The van der Waals surface area contributed by atoms with Gasteiger partial charge in [0.25, 0.3) is 0 Å². The number of benzene rings is 2. The molecule has 0 saturated carbocycles. The molecule has 3 nitrogen and oxygen atoms in total. The largest absolute Gasteiger partial charge is 0.325 e. The van der Waals surface area contributed by atoms with E-state index >= 15 is 0 Å². The third-order valence-corrected chi connectivity index (χ3v) is 5.85. The molecule has 0 unspecified atom stereocenters. The van der Waals surface area contributed by atoms with E-state index in [1.165, 1.54) is 11.1 Å². The number of nitrogens with zero attached hydrogens (tertiary/aromatic N) is 2. The molecule has 168 valence electrons. The van der Waals surface area contributed by atoms with Crippen LogP contribution < -0.4 is 5.32 Å². The Labute approximate surface area is 198 Å². The molecule has 0 fully saturated rings. The Hall–Kier alpha value is -3.46. The first-order valence-electron chi connectivity index (χ1n) is 11.5. The first-order valence-corrected chi connectivity index (χ1v) is 11.5. The van der Waals surface area contributed by atoms with E-state index in [0.717, 1.165) is 34.2 Å². The molecule has 2 aromatic heterocycles. The van der Waals surface area contributed by atoms with E-state index in [1.807, 2.05) is 36.4 Å². The van der Waals surface area contributed by atoms with Gasteiger partial charge < -0.3 is 5.32 Å². The highest BCUT2D eigenvalue weighted by molar-refractivity contribution is 5.66. The van der Waals surface area contributed by atoms with Crippen LogP contribution in [0.4, 0.5) is 11.6 Å². The van der Waals surface area contributed by atoms with Crippen molar-refractivity contribution in [1.29, 1.82) is 0 Å². The molecular formula is C30H33N3. The lowest BCUT2D eigenvalue weighted by atomic mass is 9.86. The van der Waals surface area contributed by atoms with Crippen LogP contribution in [-0.4, -0.2) is 9.97 Å². The fraction of sp³-hybridized carbons (Fsp3) is 0.267. The highest BCUT2D eigenvalue weighted by atomic mass is 15.1. The zero-order valence-electron chi connectivity index (χ0n) is 20.5. The lowest BCUT2D eigenvalue weighted by molar-refractivity contribution is 0.590. The second-order valence-electron chi connectivity index (χ2n) is 10.6. The molecule has 0 spiro atoms. The van der Waals surface area contributed by atoms with Crippen molar-refractivity contribution in [3.63, 3.8) is 0 Å². The molecule has 0 bridgehead atoms. The van der Waals surface area contributed by atoms with Crippen LogP contribution in [0.1, 0.15) is 52.7 Å². The van der Waals surface area contributed by atoms with Crippen LogP contribution in [0, 0.1) is 0 Å². The predicted octanol–water partition coefficient (Wildman–Crippen LogP) is 8.15. The highest BCUT2D eigenvalue weighted by Gasteiger charge is 2.14. The van der Waals surface area contributed by atoms with Crippen LogP contribution in [0.2, 0.25) is 0 Å². The molecule has 0 saturated heterocycles. The summed E-state index contributed by atoms with van der Waals surface area (Å²) < 4.78 is 0. The van der Waals surface area contributed by atoms with Crippen molar-refractivity contribution in [2.75, 3.05) is 5.32 Å². The van der Waals surface area contributed by atoms with E-state index < -0.39 is 0 Å². The summed E-state index contributed by atoms with van der Waals surface area (Å²) in [7, 11) is 0. The SMILES string of the molecule is CC(C)(C)c1ccc(-c2cccc(Nc3cccc(-c4ccc(C(C)(C)C)cc4)n3)n2)cc1. The molecule has 4 rings (SSSR count).